The van der Waals surface area contributed by atoms with Gasteiger partial charge in [-0.3, -0.25) is 4.79 Å². The van der Waals surface area contributed by atoms with E-state index in [1.807, 2.05) is 48.7 Å². The lowest BCUT2D eigenvalue weighted by Crippen LogP contribution is -2.50. The fourth-order valence-corrected chi connectivity index (χ4v) is 5.96. The lowest BCUT2D eigenvalue weighted by atomic mass is 10.1. The molecule has 10 nitrogen and oxygen atoms in total. The smallest absolute Gasteiger partial charge is 0.272 e. The van der Waals surface area contributed by atoms with E-state index in [2.05, 4.69) is 15.4 Å². The summed E-state index contributed by atoms with van der Waals surface area (Å²) in [4.78, 5) is 24.6. The van der Waals surface area contributed by atoms with Gasteiger partial charge in [-0.05, 0) is 60.5 Å². The van der Waals surface area contributed by atoms with Crippen molar-refractivity contribution in [1.82, 2.24) is 34.3 Å². The van der Waals surface area contributed by atoms with E-state index in [4.69, 9.17) is 4.98 Å². The molecular weight excluding hydrogens is 545 g/mol. The maximum atomic E-state index is 13.5. The Kier molecular flexibility index (Phi) is 7.37. The summed E-state index contributed by atoms with van der Waals surface area (Å²) in [5.41, 5.74) is 3.68. The van der Waals surface area contributed by atoms with Gasteiger partial charge in [-0.25, -0.2) is 27.5 Å². The molecule has 3 heterocycles. The molecule has 0 unspecified atom stereocenters. The lowest BCUT2D eigenvalue weighted by Gasteiger charge is -2.33. The van der Waals surface area contributed by atoms with Crippen molar-refractivity contribution < 1.29 is 17.6 Å². The van der Waals surface area contributed by atoms with E-state index < -0.39 is 10.0 Å². The van der Waals surface area contributed by atoms with Crippen LogP contribution in [0.1, 0.15) is 34.1 Å². The number of carbonyl (C=O) groups is 1. The predicted molar refractivity (Wildman–Crippen MR) is 151 cm³/mol. The molecule has 1 amide bonds. The van der Waals surface area contributed by atoms with Gasteiger partial charge < -0.3 is 10.2 Å². The number of hydrogen-bond donors (Lipinski definition) is 1. The summed E-state index contributed by atoms with van der Waals surface area (Å²) in [6.45, 7) is 1.51. The van der Waals surface area contributed by atoms with Crippen molar-refractivity contribution in [1.29, 1.82) is 0 Å². The minimum atomic E-state index is -3.31. The van der Waals surface area contributed by atoms with Gasteiger partial charge in [-0.15, -0.1) is 0 Å². The molecule has 2 fully saturated rings. The quantitative estimate of drug-likeness (QED) is 0.344. The Morgan fingerprint density at radius 1 is 1.02 bits per heavy atom. The molecule has 0 radical (unpaired) electrons. The summed E-state index contributed by atoms with van der Waals surface area (Å²) in [5.74, 6) is 0.228. The topological polar surface area (TPSA) is 113 Å². The van der Waals surface area contributed by atoms with Gasteiger partial charge in [0, 0.05) is 62.6 Å². The van der Waals surface area contributed by atoms with Crippen LogP contribution >= 0.6 is 0 Å². The van der Waals surface area contributed by atoms with Gasteiger partial charge >= 0.3 is 0 Å². The number of halogens is 1. The van der Waals surface area contributed by atoms with Crippen molar-refractivity contribution in [2.45, 2.75) is 24.9 Å². The van der Waals surface area contributed by atoms with Gasteiger partial charge in [-0.2, -0.15) is 9.40 Å². The standard InChI is InChI=1S/C29H30FN7O3S/c1-41(39,40)36-15-13-35(14-16-36)29(38)27-17-23(19-31-26-18-25(26)20-3-7-22(30)8-4-20)33-28(34-27)21-5-9-24(10-6-21)37-12-2-11-32-37/h2-12,17,25-26,31H,13-16,18-19H2,1H3/t25-,26+/m0/s1. The van der Waals surface area contributed by atoms with E-state index in [0.29, 0.717) is 37.1 Å². The molecule has 2 aromatic heterocycles. The molecule has 2 atom stereocenters. The Hall–Kier alpha value is -4.00. The third-order valence-electron chi connectivity index (χ3n) is 7.52. The van der Waals surface area contributed by atoms with Gasteiger partial charge in [0.25, 0.3) is 5.91 Å². The number of piperazine rings is 1. The zero-order valence-electron chi connectivity index (χ0n) is 22.5. The van der Waals surface area contributed by atoms with Crippen LogP contribution in [-0.4, -0.2) is 81.8 Å². The summed E-state index contributed by atoms with van der Waals surface area (Å²) >= 11 is 0. The van der Waals surface area contributed by atoms with Crippen LogP contribution < -0.4 is 5.32 Å². The average Bonchev–Trinajstić information content (AvgIpc) is 3.55. The molecule has 212 valence electrons. The molecule has 0 bridgehead atoms. The number of nitrogens with zero attached hydrogens (tertiary/aromatic N) is 6. The van der Waals surface area contributed by atoms with Crippen molar-refractivity contribution in [2.24, 2.45) is 0 Å². The Bertz CT molecular complexity index is 1640. The summed E-state index contributed by atoms with van der Waals surface area (Å²) in [7, 11) is -3.31. The Morgan fingerprint density at radius 3 is 2.41 bits per heavy atom. The fraction of sp³-hybridized carbons (Fsp3) is 0.310. The summed E-state index contributed by atoms with van der Waals surface area (Å²) < 4.78 is 40.3. The van der Waals surface area contributed by atoms with Gasteiger partial charge in [0.1, 0.15) is 11.5 Å². The number of benzene rings is 2. The molecule has 2 aliphatic rings. The first kappa shape index (κ1) is 27.2. The largest absolute Gasteiger partial charge is 0.335 e. The van der Waals surface area contributed by atoms with Gasteiger partial charge in [0.15, 0.2) is 5.82 Å². The highest BCUT2D eigenvalue weighted by Crippen LogP contribution is 2.40. The van der Waals surface area contributed by atoms with Crippen molar-refractivity contribution >= 4 is 15.9 Å². The minimum Gasteiger partial charge on any atom is -0.335 e. The molecule has 0 spiro atoms. The highest BCUT2D eigenvalue weighted by atomic mass is 32.2. The summed E-state index contributed by atoms with van der Waals surface area (Å²) in [6, 6.07) is 18.0. The average molecular weight is 576 g/mol. The van der Waals surface area contributed by atoms with E-state index >= 15 is 0 Å². The van der Waals surface area contributed by atoms with Gasteiger partial charge in [0.2, 0.25) is 10.0 Å². The highest BCUT2D eigenvalue weighted by molar-refractivity contribution is 7.88. The normalized spacial score (nSPS) is 19.3. The van der Waals surface area contributed by atoms with Crippen molar-refractivity contribution in [3.05, 3.63) is 95.8 Å². The second-order valence-corrected chi connectivity index (χ2v) is 12.4. The van der Waals surface area contributed by atoms with Crippen LogP contribution in [0.25, 0.3) is 17.1 Å². The summed E-state index contributed by atoms with van der Waals surface area (Å²) in [6.07, 6.45) is 5.68. The maximum Gasteiger partial charge on any atom is 0.272 e. The molecule has 1 saturated carbocycles. The van der Waals surface area contributed by atoms with Gasteiger partial charge in [0.05, 0.1) is 17.6 Å². The molecule has 41 heavy (non-hydrogen) atoms. The number of nitrogens with one attached hydrogen (secondary N) is 1. The lowest BCUT2D eigenvalue weighted by molar-refractivity contribution is 0.0692. The van der Waals surface area contributed by atoms with Crippen LogP contribution in [0.15, 0.2) is 73.1 Å². The SMILES string of the molecule is CS(=O)(=O)N1CCN(C(=O)c2cc(CN[C@@H]3C[C@H]3c3ccc(F)cc3)nc(-c3ccc(-n4cccn4)cc3)n2)CC1. The maximum absolute atomic E-state index is 13.5. The zero-order chi connectivity index (χ0) is 28.6. The molecule has 1 aliphatic heterocycles. The van der Waals surface area contributed by atoms with Crippen LogP contribution in [0.5, 0.6) is 0 Å². The van der Waals surface area contributed by atoms with Crippen LogP contribution in [0.2, 0.25) is 0 Å². The molecule has 12 heteroatoms. The first-order valence-corrected chi connectivity index (χ1v) is 15.3. The molecule has 6 rings (SSSR count). The molecule has 1 saturated heterocycles. The van der Waals surface area contributed by atoms with Crippen LogP contribution in [0.3, 0.4) is 0 Å². The second kappa shape index (κ2) is 11.1. The molecule has 1 N–H and O–H groups in total. The third-order valence-corrected chi connectivity index (χ3v) is 8.82. The molecule has 1 aliphatic carbocycles. The monoisotopic (exact) mass is 575 g/mol. The van der Waals surface area contributed by atoms with E-state index in [-0.39, 0.29) is 36.5 Å². The van der Waals surface area contributed by atoms with E-state index in [9.17, 15) is 17.6 Å². The Balaban J connectivity index is 1.22. The van der Waals surface area contributed by atoms with Crippen molar-refractivity contribution in [3.8, 4) is 17.1 Å². The van der Waals surface area contributed by atoms with E-state index in [1.54, 1.807) is 21.8 Å². The highest BCUT2D eigenvalue weighted by Gasteiger charge is 2.38. The number of amides is 1. The predicted octanol–water partition coefficient (Wildman–Crippen LogP) is 2.83. The molecule has 2 aromatic carbocycles. The number of hydrogen-bond acceptors (Lipinski definition) is 7. The van der Waals surface area contributed by atoms with E-state index in [1.165, 1.54) is 22.7 Å². The fourth-order valence-electron chi connectivity index (χ4n) is 5.13. The summed E-state index contributed by atoms with van der Waals surface area (Å²) in [5, 5.41) is 7.78. The van der Waals surface area contributed by atoms with Crippen LogP contribution in [-0.2, 0) is 16.6 Å². The van der Waals surface area contributed by atoms with Crippen molar-refractivity contribution in [2.75, 3.05) is 32.4 Å². The first-order valence-electron chi connectivity index (χ1n) is 13.5. The van der Waals surface area contributed by atoms with Crippen molar-refractivity contribution in [3.63, 3.8) is 0 Å². The van der Waals surface area contributed by atoms with Gasteiger partial charge in [-0.1, -0.05) is 12.1 Å². The third kappa shape index (κ3) is 6.19. The zero-order valence-corrected chi connectivity index (χ0v) is 23.3. The number of carbonyl (C=O) groups excluding carboxylic acids is 1. The number of rotatable bonds is 8. The number of aromatic nitrogens is 4. The van der Waals surface area contributed by atoms with E-state index in [0.717, 1.165) is 23.2 Å². The van der Waals surface area contributed by atoms with Crippen LogP contribution in [0.4, 0.5) is 4.39 Å². The Morgan fingerprint density at radius 2 is 1.76 bits per heavy atom. The van der Waals surface area contributed by atoms with Crippen LogP contribution in [0, 0.1) is 5.82 Å². The minimum absolute atomic E-state index is 0.232. The molecule has 4 aromatic rings. The number of sulfonamides is 1. The first-order chi connectivity index (χ1) is 19.7. The Labute approximate surface area is 237 Å². The molecular formula is C29H30FN7O3S. The second-order valence-electron chi connectivity index (χ2n) is 10.4.